The summed E-state index contributed by atoms with van der Waals surface area (Å²) in [6, 6.07) is 9.73. The first kappa shape index (κ1) is 15.3. The van der Waals surface area contributed by atoms with Gasteiger partial charge in [-0.3, -0.25) is 4.90 Å². The summed E-state index contributed by atoms with van der Waals surface area (Å²) >= 11 is 0. The van der Waals surface area contributed by atoms with Crippen LogP contribution < -0.4 is 10.1 Å². The fraction of sp³-hybridized carbons (Fsp3) is 0.647. The molecule has 1 fully saturated rings. The fourth-order valence-corrected chi connectivity index (χ4v) is 2.76. The van der Waals surface area contributed by atoms with Gasteiger partial charge in [-0.2, -0.15) is 0 Å². The Balaban J connectivity index is 1.81. The lowest BCUT2D eigenvalue weighted by atomic mass is 10.0. The van der Waals surface area contributed by atoms with Crippen LogP contribution >= 0.6 is 0 Å². The molecule has 0 aromatic heterocycles. The van der Waals surface area contributed by atoms with Crippen LogP contribution in [0.2, 0.25) is 0 Å². The van der Waals surface area contributed by atoms with Gasteiger partial charge in [-0.15, -0.1) is 0 Å². The van der Waals surface area contributed by atoms with E-state index in [2.05, 4.69) is 36.2 Å². The number of hydrogen-bond donors (Lipinski definition) is 1. The van der Waals surface area contributed by atoms with Crippen molar-refractivity contribution in [3.63, 3.8) is 0 Å². The highest BCUT2D eigenvalue weighted by Gasteiger charge is 2.27. The Morgan fingerprint density at radius 2 is 1.95 bits per heavy atom. The molecule has 1 saturated carbocycles. The van der Waals surface area contributed by atoms with Crippen LogP contribution in [0.5, 0.6) is 5.75 Å². The molecule has 0 spiro atoms. The molecule has 1 aromatic carbocycles. The summed E-state index contributed by atoms with van der Waals surface area (Å²) in [4.78, 5) is 2.59. The number of nitrogens with zero attached hydrogens (tertiary/aromatic N) is 1. The van der Waals surface area contributed by atoms with E-state index in [4.69, 9.17) is 4.74 Å². The lowest BCUT2D eigenvalue weighted by Gasteiger charge is -2.23. The van der Waals surface area contributed by atoms with Gasteiger partial charge < -0.3 is 10.1 Å². The average Bonchev–Trinajstić information content (AvgIpc) is 3.32. The number of likely N-dealkylation sites (N-methyl/N-ethyl adjacent to an activating group) is 1. The van der Waals surface area contributed by atoms with Crippen molar-refractivity contribution < 1.29 is 4.74 Å². The van der Waals surface area contributed by atoms with Gasteiger partial charge in [0.25, 0.3) is 0 Å². The molecule has 3 nitrogen and oxygen atoms in total. The van der Waals surface area contributed by atoms with Crippen molar-refractivity contribution in [2.45, 2.75) is 45.2 Å². The van der Waals surface area contributed by atoms with Crippen LogP contribution in [0.1, 0.15) is 44.7 Å². The SMILES string of the molecule is CCC(NCCN(CC)C1CC1)c1ccc(OC)cc1. The first-order valence-corrected chi connectivity index (χ1v) is 7.89. The van der Waals surface area contributed by atoms with Gasteiger partial charge in [-0.25, -0.2) is 0 Å². The molecule has 1 aliphatic carbocycles. The minimum absolute atomic E-state index is 0.443. The molecule has 0 saturated heterocycles. The van der Waals surface area contributed by atoms with Crippen LogP contribution in [0.4, 0.5) is 0 Å². The number of benzene rings is 1. The first-order chi connectivity index (χ1) is 9.78. The zero-order chi connectivity index (χ0) is 14.4. The molecule has 0 bridgehead atoms. The maximum absolute atomic E-state index is 5.22. The Hall–Kier alpha value is -1.06. The zero-order valence-corrected chi connectivity index (χ0v) is 13.1. The van der Waals surface area contributed by atoms with Crippen molar-refractivity contribution in [1.82, 2.24) is 10.2 Å². The second-order valence-electron chi connectivity index (χ2n) is 5.55. The Labute approximate surface area is 123 Å². The molecule has 1 atom stereocenters. The molecule has 1 aromatic rings. The van der Waals surface area contributed by atoms with Gasteiger partial charge in [-0.05, 0) is 43.5 Å². The summed E-state index contributed by atoms with van der Waals surface area (Å²) < 4.78 is 5.22. The highest BCUT2D eigenvalue weighted by Crippen LogP contribution is 2.26. The van der Waals surface area contributed by atoms with E-state index in [-0.39, 0.29) is 0 Å². The van der Waals surface area contributed by atoms with Crippen LogP contribution in [0.3, 0.4) is 0 Å². The minimum Gasteiger partial charge on any atom is -0.497 e. The number of hydrogen-bond acceptors (Lipinski definition) is 3. The van der Waals surface area contributed by atoms with E-state index in [0.717, 1.165) is 31.3 Å². The molecular weight excluding hydrogens is 248 g/mol. The Morgan fingerprint density at radius 3 is 2.45 bits per heavy atom. The molecule has 3 heteroatoms. The maximum atomic E-state index is 5.22. The van der Waals surface area contributed by atoms with E-state index in [0.29, 0.717) is 6.04 Å². The molecule has 1 N–H and O–H groups in total. The third-order valence-electron chi connectivity index (χ3n) is 4.19. The van der Waals surface area contributed by atoms with Crippen molar-refractivity contribution in [3.05, 3.63) is 29.8 Å². The van der Waals surface area contributed by atoms with Crippen molar-refractivity contribution >= 4 is 0 Å². The van der Waals surface area contributed by atoms with Crippen LogP contribution in [-0.2, 0) is 0 Å². The molecule has 0 aliphatic heterocycles. The van der Waals surface area contributed by atoms with Gasteiger partial charge in [-0.1, -0.05) is 26.0 Å². The predicted molar refractivity (Wildman–Crippen MR) is 84.3 cm³/mol. The van der Waals surface area contributed by atoms with E-state index in [9.17, 15) is 0 Å². The van der Waals surface area contributed by atoms with E-state index in [1.54, 1.807) is 7.11 Å². The summed E-state index contributed by atoms with van der Waals surface area (Å²) in [6.45, 7) is 7.90. The van der Waals surface area contributed by atoms with E-state index < -0.39 is 0 Å². The highest BCUT2D eigenvalue weighted by atomic mass is 16.5. The molecule has 0 radical (unpaired) electrons. The fourth-order valence-electron chi connectivity index (χ4n) is 2.76. The van der Waals surface area contributed by atoms with Crippen molar-refractivity contribution in [2.75, 3.05) is 26.7 Å². The summed E-state index contributed by atoms with van der Waals surface area (Å²) in [6.07, 6.45) is 3.90. The van der Waals surface area contributed by atoms with E-state index in [1.165, 1.54) is 24.9 Å². The van der Waals surface area contributed by atoms with Gasteiger partial charge in [0, 0.05) is 25.2 Å². The standard InChI is InChI=1S/C17H28N2O/c1-4-17(14-6-10-16(20-3)11-7-14)18-12-13-19(5-2)15-8-9-15/h6-7,10-11,15,17-18H,4-5,8-9,12-13H2,1-3H3. The zero-order valence-electron chi connectivity index (χ0n) is 13.1. The molecule has 1 aliphatic rings. The summed E-state index contributed by atoms with van der Waals surface area (Å²) in [5.74, 6) is 0.925. The highest BCUT2D eigenvalue weighted by molar-refractivity contribution is 5.29. The normalized spacial score (nSPS) is 16.4. The third kappa shape index (κ3) is 4.22. The van der Waals surface area contributed by atoms with Crippen molar-refractivity contribution in [2.24, 2.45) is 0 Å². The maximum Gasteiger partial charge on any atom is 0.118 e. The molecule has 1 unspecified atom stereocenters. The summed E-state index contributed by atoms with van der Waals surface area (Å²) in [7, 11) is 1.71. The molecule has 20 heavy (non-hydrogen) atoms. The quantitative estimate of drug-likeness (QED) is 0.749. The van der Waals surface area contributed by atoms with E-state index in [1.807, 2.05) is 12.1 Å². The molecule has 0 amide bonds. The van der Waals surface area contributed by atoms with Crippen LogP contribution in [0.25, 0.3) is 0 Å². The minimum atomic E-state index is 0.443. The number of ether oxygens (including phenoxy) is 1. The monoisotopic (exact) mass is 276 g/mol. The molecular formula is C17H28N2O. The number of methoxy groups -OCH3 is 1. The predicted octanol–water partition coefficient (Wildman–Crippen LogP) is 3.22. The molecule has 112 valence electrons. The Morgan fingerprint density at radius 1 is 1.25 bits per heavy atom. The smallest absolute Gasteiger partial charge is 0.118 e. The topological polar surface area (TPSA) is 24.5 Å². The van der Waals surface area contributed by atoms with Crippen LogP contribution in [-0.4, -0.2) is 37.7 Å². The van der Waals surface area contributed by atoms with Crippen molar-refractivity contribution in [3.8, 4) is 5.75 Å². The van der Waals surface area contributed by atoms with Crippen LogP contribution in [0, 0.1) is 0 Å². The summed E-state index contributed by atoms with van der Waals surface area (Å²) in [5.41, 5.74) is 1.35. The number of nitrogens with one attached hydrogen (secondary N) is 1. The van der Waals surface area contributed by atoms with Gasteiger partial charge in [0.1, 0.15) is 5.75 Å². The largest absolute Gasteiger partial charge is 0.497 e. The first-order valence-electron chi connectivity index (χ1n) is 7.89. The molecule has 0 heterocycles. The third-order valence-corrected chi connectivity index (χ3v) is 4.19. The van der Waals surface area contributed by atoms with Gasteiger partial charge in [0.05, 0.1) is 7.11 Å². The van der Waals surface area contributed by atoms with Crippen LogP contribution in [0.15, 0.2) is 24.3 Å². The average molecular weight is 276 g/mol. The number of rotatable bonds is 9. The van der Waals surface area contributed by atoms with Crippen molar-refractivity contribution in [1.29, 1.82) is 0 Å². The van der Waals surface area contributed by atoms with Gasteiger partial charge in [0.15, 0.2) is 0 Å². The van der Waals surface area contributed by atoms with E-state index >= 15 is 0 Å². The Kier molecular flexibility index (Phi) is 5.86. The lowest BCUT2D eigenvalue weighted by molar-refractivity contribution is 0.271. The molecule has 2 rings (SSSR count). The Bertz CT molecular complexity index is 386. The lowest BCUT2D eigenvalue weighted by Crippen LogP contribution is -2.35. The summed E-state index contributed by atoms with van der Waals surface area (Å²) in [5, 5.41) is 3.69. The van der Waals surface area contributed by atoms with Gasteiger partial charge in [0.2, 0.25) is 0 Å². The second-order valence-corrected chi connectivity index (χ2v) is 5.55. The second kappa shape index (κ2) is 7.65. The van der Waals surface area contributed by atoms with Gasteiger partial charge >= 0.3 is 0 Å².